The molecule has 4 aromatic carbocycles. The molecule has 3 aliphatic rings. The first-order chi connectivity index (χ1) is 35.4. The second-order valence-corrected chi connectivity index (χ2v) is 19.8. The van der Waals surface area contributed by atoms with Crippen molar-refractivity contribution < 1.29 is 37.7 Å². The Morgan fingerprint density at radius 3 is 2.19 bits per heavy atom. The number of fused-ring (bicyclic) bond motifs is 5. The first-order valence-electron chi connectivity index (χ1n) is 25.2. The molecule has 0 spiro atoms. The van der Waals surface area contributed by atoms with Gasteiger partial charge in [0.15, 0.2) is 0 Å². The Morgan fingerprint density at radius 1 is 0.808 bits per heavy atom. The zero-order valence-electron chi connectivity index (χ0n) is 41.8. The van der Waals surface area contributed by atoms with Gasteiger partial charge in [-0.2, -0.15) is 0 Å². The van der Waals surface area contributed by atoms with Gasteiger partial charge in [-0.3, -0.25) is 9.59 Å². The van der Waals surface area contributed by atoms with Crippen molar-refractivity contribution in [3.05, 3.63) is 132 Å². The highest BCUT2D eigenvalue weighted by molar-refractivity contribution is 5.93. The molecule has 0 bridgehead atoms. The van der Waals surface area contributed by atoms with Crippen LogP contribution in [0.4, 0.5) is 9.18 Å². The monoisotopic (exact) mass is 991 g/mol. The highest BCUT2D eigenvalue weighted by Gasteiger charge is 2.39. The van der Waals surface area contributed by atoms with Gasteiger partial charge in [-0.05, 0) is 85.5 Å². The lowest BCUT2D eigenvalue weighted by Crippen LogP contribution is -2.51. The summed E-state index contributed by atoms with van der Waals surface area (Å²) in [4.78, 5) is 59.4. The van der Waals surface area contributed by atoms with Crippen LogP contribution in [0.25, 0.3) is 44.7 Å². The molecule has 5 N–H and O–H groups in total. The number of rotatable bonds is 16. The smallest absolute Gasteiger partial charge is 0.407 e. The third-order valence-corrected chi connectivity index (χ3v) is 14.3. The van der Waals surface area contributed by atoms with Crippen molar-refractivity contribution in [3.63, 3.8) is 0 Å². The average Bonchev–Trinajstić information content (AvgIpc) is 4.27. The molecule has 10 rings (SSSR count). The van der Waals surface area contributed by atoms with E-state index in [-0.39, 0.29) is 35.7 Å². The lowest BCUT2D eigenvalue weighted by Gasteiger charge is -2.31. The van der Waals surface area contributed by atoms with Crippen LogP contribution < -0.4 is 20.5 Å². The maximum Gasteiger partial charge on any atom is 0.407 e. The highest BCUT2D eigenvalue weighted by atomic mass is 19.1. The van der Waals surface area contributed by atoms with Crippen molar-refractivity contribution >= 4 is 28.8 Å². The molecule has 6 heterocycles. The molecule has 0 aliphatic carbocycles. The van der Waals surface area contributed by atoms with Gasteiger partial charge >= 0.3 is 6.09 Å². The summed E-state index contributed by atoms with van der Waals surface area (Å²) in [5.41, 5.74) is 12.7. The Morgan fingerprint density at radius 2 is 1.51 bits per heavy atom. The minimum atomic E-state index is -0.751. The van der Waals surface area contributed by atoms with Gasteiger partial charge in [-0.25, -0.2) is 19.2 Å². The molecule has 0 radical (unpaired) electrons. The van der Waals surface area contributed by atoms with E-state index in [9.17, 15) is 14.4 Å². The van der Waals surface area contributed by atoms with Crippen LogP contribution in [0.1, 0.15) is 94.5 Å². The zero-order chi connectivity index (χ0) is 50.9. The summed E-state index contributed by atoms with van der Waals surface area (Å²) >= 11 is 0. The third-order valence-electron chi connectivity index (χ3n) is 14.3. The molecule has 2 saturated heterocycles. The van der Waals surface area contributed by atoms with Crippen LogP contribution in [0.5, 0.6) is 11.5 Å². The van der Waals surface area contributed by atoms with Gasteiger partial charge in [-0.1, -0.05) is 76.2 Å². The minimum absolute atomic E-state index is 0.00938. The number of nitrogens with two attached hydrogens (primary N) is 1. The van der Waals surface area contributed by atoms with E-state index in [2.05, 4.69) is 15.3 Å². The number of likely N-dealkylation sites (tertiary alicyclic amines) is 2. The van der Waals surface area contributed by atoms with Gasteiger partial charge in [0.05, 0.1) is 79.0 Å². The molecule has 380 valence electrons. The summed E-state index contributed by atoms with van der Waals surface area (Å²) in [7, 11) is 1.28. The van der Waals surface area contributed by atoms with Crippen molar-refractivity contribution in [1.82, 2.24) is 39.6 Å². The zero-order valence-corrected chi connectivity index (χ0v) is 41.8. The maximum atomic E-state index is 17.0. The first-order valence-corrected chi connectivity index (χ1v) is 25.2. The average molecular weight is 992 g/mol. The second kappa shape index (κ2) is 20.9. The summed E-state index contributed by atoms with van der Waals surface area (Å²) in [6.45, 7) is 9.98. The lowest BCUT2D eigenvalue weighted by atomic mass is 10.0. The normalized spacial score (nSPS) is 18.2. The number of carbonyl (C=O) groups is 3. The molecule has 16 nitrogen and oxygen atoms in total. The topological polar surface area (TPSA) is 195 Å². The van der Waals surface area contributed by atoms with Crippen molar-refractivity contribution in [2.24, 2.45) is 17.6 Å². The number of H-pyrrole nitrogens is 2. The molecule has 3 amide bonds. The van der Waals surface area contributed by atoms with Gasteiger partial charge in [0.25, 0.3) is 0 Å². The van der Waals surface area contributed by atoms with Crippen molar-refractivity contribution in [2.45, 2.75) is 90.4 Å². The Hall–Kier alpha value is -7.50. The number of carbonyl (C=O) groups excluding carboxylic acids is 3. The number of hydrogen-bond acceptors (Lipinski definition) is 10. The number of nitrogens with one attached hydrogen (secondary N) is 3. The molecule has 3 aromatic heterocycles. The number of amides is 3. The molecular weight excluding hydrogens is 930 g/mol. The number of ether oxygens (including phenoxy) is 4. The van der Waals surface area contributed by atoms with Crippen molar-refractivity contribution in [2.75, 3.05) is 33.4 Å². The molecule has 5 atom stereocenters. The predicted molar refractivity (Wildman–Crippen MR) is 274 cm³/mol. The number of hydrogen-bond donors (Lipinski definition) is 4. The van der Waals surface area contributed by atoms with E-state index in [1.807, 2.05) is 122 Å². The number of methoxy groups -OCH3 is 1. The quantitative estimate of drug-likeness (QED) is 0.0678. The van der Waals surface area contributed by atoms with Gasteiger partial charge in [-0.15, -0.1) is 0 Å². The summed E-state index contributed by atoms with van der Waals surface area (Å²) in [6, 6.07) is 27.1. The van der Waals surface area contributed by atoms with E-state index in [1.165, 1.54) is 13.2 Å². The van der Waals surface area contributed by atoms with E-state index in [4.69, 9.17) is 34.6 Å². The van der Waals surface area contributed by atoms with Gasteiger partial charge in [0.1, 0.15) is 41.6 Å². The number of aromatic nitrogens is 5. The lowest BCUT2D eigenvalue weighted by molar-refractivity contribution is -0.136. The fraction of sp³-hybridized carbons (Fsp3) is 0.375. The largest absolute Gasteiger partial charge is 0.491 e. The van der Waals surface area contributed by atoms with Crippen LogP contribution in [0, 0.1) is 17.7 Å². The molecule has 0 saturated carbocycles. The van der Waals surface area contributed by atoms with Crippen molar-refractivity contribution in [3.8, 4) is 45.3 Å². The fourth-order valence-electron chi connectivity index (χ4n) is 10.3. The highest BCUT2D eigenvalue weighted by Crippen LogP contribution is 2.48. The van der Waals surface area contributed by atoms with Crippen LogP contribution in [-0.2, 0) is 25.7 Å². The molecule has 7 aromatic rings. The first kappa shape index (κ1) is 49.1. The molecule has 73 heavy (non-hydrogen) atoms. The number of benzene rings is 4. The number of aromatic amines is 2. The SMILES string of the molecule is COC(=O)NC(C(=O)N1CCCC1c1ncc(-c2ccc3c(c2)cc2n3C(c3cccc(OCCOCc4ccccc4)c3)Oc3cc(-c4cnc(C5CCCN5C(=O)C(N)C(C)C)[nH]4)cc(F)c3-2)[nH]1)C(C)C. The standard InChI is InChI=1S/C56H62FN9O7/c1-32(2)49(58)53(67)64-20-10-16-44(64)51-60-30-42(62-51)37-26-40(57)48-46-27-38-24-35(41-29-59-52(61-41)45-17-11-21-65(45)54(68)50(33(3)4)63-56(69)70-5)18-19-43(38)66(46)55(73-47(48)28-37)36-14-9-15-39(25-36)72-23-22-71-31-34-12-7-6-8-13-34/h6-9,12-15,18-19,24-30,32-33,44-45,49-50,55H,10-11,16-17,20-23,31,58H2,1-5H3,(H,59,61)(H,60,62)(H,63,69). The van der Waals surface area contributed by atoms with Gasteiger partial charge in [0.2, 0.25) is 18.0 Å². The number of nitrogens with zero attached hydrogens (tertiary/aromatic N) is 5. The van der Waals surface area contributed by atoms with Gasteiger partial charge in [0, 0.05) is 35.2 Å². The van der Waals surface area contributed by atoms with Crippen LogP contribution in [-0.4, -0.2) is 97.7 Å². The number of alkyl carbamates (subject to hydrolysis) is 1. The Kier molecular flexibility index (Phi) is 14.1. The fourth-order valence-corrected chi connectivity index (χ4v) is 10.3. The minimum Gasteiger partial charge on any atom is -0.491 e. The third kappa shape index (κ3) is 9.90. The second-order valence-electron chi connectivity index (χ2n) is 19.8. The molecule has 5 unspecified atom stereocenters. The van der Waals surface area contributed by atoms with Crippen molar-refractivity contribution in [1.29, 1.82) is 0 Å². The molecule has 2 fully saturated rings. The van der Waals surface area contributed by atoms with E-state index in [0.717, 1.165) is 52.5 Å². The van der Waals surface area contributed by atoms with Gasteiger partial charge < -0.3 is 54.3 Å². The van der Waals surface area contributed by atoms with Crippen LogP contribution in [0.2, 0.25) is 0 Å². The van der Waals surface area contributed by atoms with E-state index >= 15 is 4.39 Å². The summed E-state index contributed by atoms with van der Waals surface area (Å²) in [5.74, 6) is 1.32. The van der Waals surface area contributed by atoms with E-state index < -0.39 is 30.2 Å². The Bertz CT molecular complexity index is 3130. The van der Waals surface area contributed by atoms with Crippen LogP contribution in [0.3, 0.4) is 0 Å². The summed E-state index contributed by atoms with van der Waals surface area (Å²) < 4.78 is 42.9. The summed E-state index contributed by atoms with van der Waals surface area (Å²) in [6.07, 6.45) is 5.12. The molecular formula is C56H62FN9O7. The Labute approximate surface area is 423 Å². The molecule has 17 heteroatoms. The number of imidazole rings is 2. The number of halogens is 1. The van der Waals surface area contributed by atoms with E-state index in [0.29, 0.717) is 85.0 Å². The predicted octanol–water partition coefficient (Wildman–Crippen LogP) is 9.45. The van der Waals surface area contributed by atoms with E-state index in [1.54, 1.807) is 17.3 Å². The molecule has 3 aliphatic heterocycles. The van der Waals surface area contributed by atoms with Crippen LogP contribution >= 0.6 is 0 Å². The maximum absolute atomic E-state index is 17.0. The van der Waals surface area contributed by atoms with Crippen LogP contribution in [0.15, 0.2) is 103 Å². The Balaban J connectivity index is 0.967. The summed E-state index contributed by atoms with van der Waals surface area (Å²) in [5, 5.41) is 3.55.